The van der Waals surface area contributed by atoms with Crippen molar-refractivity contribution in [2.45, 2.75) is 19.0 Å². The van der Waals surface area contributed by atoms with Gasteiger partial charge in [0.05, 0.1) is 5.75 Å². The molecule has 4 aromatic rings. The summed E-state index contributed by atoms with van der Waals surface area (Å²) in [5, 5.41) is 12.4. The van der Waals surface area contributed by atoms with Gasteiger partial charge in [-0.2, -0.15) is 0 Å². The standard InChI is InChI=1S/C23H20BrN5OS/c1-15-11-16(2)13-19(12-15)26-21(30)14-31-23-28-27-22(17-7-9-25-10-8-17)29(23)20-5-3-18(24)4-6-20/h3-13H,14H2,1-2H3,(H,26,30). The maximum absolute atomic E-state index is 12.6. The van der Waals surface area contributed by atoms with E-state index in [0.29, 0.717) is 11.0 Å². The Bertz CT molecular complexity index is 1190. The largest absolute Gasteiger partial charge is 0.325 e. The fourth-order valence-electron chi connectivity index (χ4n) is 3.25. The van der Waals surface area contributed by atoms with E-state index < -0.39 is 0 Å². The minimum Gasteiger partial charge on any atom is -0.325 e. The van der Waals surface area contributed by atoms with E-state index in [9.17, 15) is 4.79 Å². The van der Waals surface area contributed by atoms with Crippen molar-refractivity contribution in [1.29, 1.82) is 0 Å². The van der Waals surface area contributed by atoms with E-state index in [1.165, 1.54) is 11.8 Å². The van der Waals surface area contributed by atoms with Crippen molar-refractivity contribution in [2.24, 2.45) is 0 Å². The first kappa shape index (κ1) is 21.3. The van der Waals surface area contributed by atoms with Crippen molar-refractivity contribution in [2.75, 3.05) is 11.1 Å². The second-order valence-electron chi connectivity index (χ2n) is 7.07. The smallest absolute Gasteiger partial charge is 0.234 e. The summed E-state index contributed by atoms with van der Waals surface area (Å²) in [7, 11) is 0. The topological polar surface area (TPSA) is 72.7 Å². The number of nitrogens with one attached hydrogen (secondary N) is 1. The Kier molecular flexibility index (Phi) is 6.48. The molecule has 0 spiro atoms. The van der Waals surface area contributed by atoms with E-state index in [1.54, 1.807) is 12.4 Å². The minimum absolute atomic E-state index is 0.0918. The predicted octanol–water partition coefficient (Wildman–Crippen LogP) is 5.44. The zero-order chi connectivity index (χ0) is 21.8. The lowest BCUT2D eigenvalue weighted by Gasteiger charge is -2.11. The molecular formula is C23H20BrN5OS. The molecular weight excluding hydrogens is 474 g/mol. The van der Waals surface area contributed by atoms with E-state index in [-0.39, 0.29) is 11.7 Å². The highest BCUT2D eigenvalue weighted by Gasteiger charge is 2.17. The molecule has 1 amide bonds. The highest BCUT2D eigenvalue weighted by atomic mass is 79.9. The van der Waals surface area contributed by atoms with Gasteiger partial charge in [0.2, 0.25) is 5.91 Å². The Morgan fingerprint density at radius 2 is 1.68 bits per heavy atom. The van der Waals surface area contributed by atoms with Gasteiger partial charge in [-0.3, -0.25) is 14.3 Å². The number of aryl methyl sites for hydroxylation is 2. The normalized spacial score (nSPS) is 10.8. The number of amides is 1. The van der Waals surface area contributed by atoms with Gasteiger partial charge in [-0.15, -0.1) is 10.2 Å². The molecule has 0 unspecified atom stereocenters. The average Bonchev–Trinajstić information content (AvgIpc) is 3.17. The summed E-state index contributed by atoms with van der Waals surface area (Å²) >= 11 is 4.82. The molecule has 2 aromatic carbocycles. The summed E-state index contributed by atoms with van der Waals surface area (Å²) in [4.78, 5) is 16.7. The molecule has 8 heteroatoms. The maximum Gasteiger partial charge on any atom is 0.234 e. The number of pyridine rings is 1. The van der Waals surface area contributed by atoms with Crippen LogP contribution in [0.5, 0.6) is 0 Å². The van der Waals surface area contributed by atoms with Gasteiger partial charge in [0, 0.05) is 33.8 Å². The number of carbonyl (C=O) groups excluding carboxylic acids is 1. The molecule has 0 saturated heterocycles. The number of thioether (sulfide) groups is 1. The zero-order valence-corrected chi connectivity index (χ0v) is 19.4. The van der Waals surface area contributed by atoms with Gasteiger partial charge in [-0.05, 0) is 73.5 Å². The van der Waals surface area contributed by atoms with E-state index in [0.717, 1.165) is 32.5 Å². The molecule has 0 aliphatic heterocycles. The van der Waals surface area contributed by atoms with Crippen molar-refractivity contribution in [3.8, 4) is 17.1 Å². The van der Waals surface area contributed by atoms with Gasteiger partial charge in [0.1, 0.15) is 0 Å². The Morgan fingerprint density at radius 1 is 1.00 bits per heavy atom. The van der Waals surface area contributed by atoms with Crippen molar-refractivity contribution in [1.82, 2.24) is 19.7 Å². The number of rotatable bonds is 6. The van der Waals surface area contributed by atoms with E-state index >= 15 is 0 Å². The third-order valence-corrected chi connectivity index (χ3v) is 5.95. The Balaban J connectivity index is 1.58. The monoisotopic (exact) mass is 493 g/mol. The highest BCUT2D eigenvalue weighted by molar-refractivity contribution is 9.10. The Morgan fingerprint density at radius 3 is 2.35 bits per heavy atom. The van der Waals surface area contributed by atoms with Crippen LogP contribution in [0.3, 0.4) is 0 Å². The molecule has 0 aliphatic rings. The second kappa shape index (κ2) is 9.45. The van der Waals surface area contributed by atoms with Crippen molar-refractivity contribution >= 4 is 39.3 Å². The van der Waals surface area contributed by atoms with Gasteiger partial charge in [-0.1, -0.05) is 33.8 Å². The molecule has 2 heterocycles. The van der Waals surface area contributed by atoms with Gasteiger partial charge < -0.3 is 5.32 Å². The number of aromatic nitrogens is 4. The summed E-state index contributed by atoms with van der Waals surface area (Å²) in [6.07, 6.45) is 3.44. The summed E-state index contributed by atoms with van der Waals surface area (Å²) in [6, 6.07) is 17.7. The van der Waals surface area contributed by atoms with E-state index in [2.05, 4.69) is 42.5 Å². The van der Waals surface area contributed by atoms with E-state index in [1.807, 2.05) is 66.9 Å². The molecule has 2 aromatic heterocycles. The fourth-order valence-corrected chi connectivity index (χ4v) is 4.26. The minimum atomic E-state index is -0.0918. The number of carbonyl (C=O) groups is 1. The van der Waals surface area contributed by atoms with Gasteiger partial charge in [-0.25, -0.2) is 0 Å². The van der Waals surface area contributed by atoms with Crippen LogP contribution in [0.2, 0.25) is 0 Å². The van der Waals surface area contributed by atoms with Crippen LogP contribution >= 0.6 is 27.7 Å². The summed E-state index contributed by atoms with van der Waals surface area (Å²) in [6.45, 7) is 4.03. The number of hydrogen-bond acceptors (Lipinski definition) is 5. The molecule has 4 rings (SSSR count). The van der Waals surface area contributed by atoms with E-state index in [4.69, 9.17) is 0 Å². The van der Waals surface area contributed by atoms with Crippen LogP contribution in [0.1, 0.15) is 11.1 Å². The molecule has 0 saturated carbocycles. The lowest BCUT2D eigenvalue weighted by atomic mass is 10.1. The molecule has 0 bridgehead atoms. The molecule has 156 valence electrons. The Hall–Kier alpha value is -2.97. The average molecular weight is 494 g/mol. The highest BCUT2D eigenvalue weighted by Crippen LogP contribution is 2.28. The quantitative estimate of drug-likeness (QED) is 0.362. The van der Waals surface area contributed by atoms with Gasteiger partial charge in [0.15, 0.2) is 11.0 Å². The van der Waals surface area contributed by atoms with Crippen LogP contribution in [0.4, 0.5) is 5.69 Å². The van der Waals surface area contributed by atoms with Gasteiger partial charge in [0.25, 0.3) is 0 Å². The number of halogens is 1. The van der Waals surface area contributed by atoms with Crippen LogP contribution in [-0.4, -0.2) is 31.4 Å². The van der Waals surface area contributed by atoms with Crippen molar-refractivity contribution in [3.63, 3.8) is 0 Å². The van der Waals surface area contributed by atoms with Crippen molar-refractivity contribution < 1.29 is 4.79 Å². The van der Waals surface area contributed by atoms with Crippen LogP contribution in [0, 0.1) is 13.8 Å². The lowest BCUT2D eigenvalue weighted by Crippen LogP contribution is -2.14. The summed E-state index contributed by atoms with van der Waals surface area (Å²) < 4.78 is 2.94. The number of nitrogens with zero attached hydrogens (tertiary/aromatic N) is 4. The molecule has 0 fully saturated rings. The fraction of sp³-hybridized carbons (Fsp3) is 0.130. The molecule has 1 N–H and O–H groups in total. The summed E-state index contributed by atoms with van der Waals surface area (Å²) in [5.41, 5.74) is 4.84. The van der Waals surface area contributed by atoms with Crippen LogP contribution in [0.15, 0.2) is 76.6 Å². The molecule has 0 aliphatic carbocycles. The van der Waals surface area contributed by atoms with Crippen LogP contribution < -0.4 is 5.32 Å². The number of benzene rings is 2. The Labute approximate surface area is 193 Å². The van der Waals surface area contributed by atoms with Crippen LogP contribution in [0.25, 0.3) is 17.1 Å². The predicted molar refractivity (Wildman–Crippen MR) is 128 cm³/mol. The number of anilines is 1. The molecule has 31 heavy (non-hydrogen) atoms. The zero-order valence-electron chi connectivity index (χ0n) is 17.0. The maximum atomic E-state index is 12.6. The molecule has 0 radical (unpaired) electrons. The second-order valence-corrected chi connectivity index (χ2v) is 8.93. The first-order chi connectivity index (χ1) is 15.0. The van der Waals surface area contributed by atoms with Crippen molar-refractivity contribution in [3.05, 3.63) is 82.6 Å². The lowest BCUT2D eigenvalue weighted by molar-refractivity contribution is -0.113. The summed E-state index contributed by atoms with van der Waals surface area (Å²) in [5.74, 6) is 0.825. The third kappa shape index (κ3) is 5.21. The molecule has 0 atom stereocenters. The van der Waals surface area contributed by atoms with Gasteiger partial charge >= 0.3 is 0 Å². The molecule has 6 nitrogen and oxygen atoms in total. The first-order valence-corrected chi connectivity index (χ1v) is 11.4. The van der Waals surface area contributed by atoms with Crippen LogP contribution in [-0.2, 0) is 4.79 Å². The first-order valence-electron chi connectivity index (χ1n) is 9.62. The SMILES string of the molecule is Cc1cc(C)cc(NC(=O)CSc2nnc(-c3ccncc3)n2-c2ccc(Br)cc2)c1. The number of hydrogen-bond donors (Lipinski definition) is 1. The third-order valence-electron chi connectivity index (χ3n) is 4.49.